The summed E-state index contributed by atoms with van der Waals surface area (Å²) < 4.78 is 0.921. The van der Waals surface area contributed by atoms with Crippen molar-refractivity contribution in [1.82, 2.24) is 19.5 Å². The van der Waals surface area contributed by atoms with E-state index in [0.29, 0.717) is 11.2 Å². The van der Waals surface area contributed by atoms with Crippen LogP contribution in [-0.2, 0) is 0 Å². The predicted molar refractivity (Wildman–Crippen MR) is 66.5 cm³/mol. The van der Waals surface area contributed by atoms with Gasteiger partial charge in [-0.25, -0.2) is 19.3 Å². The van der Waals surface area contributed by atoms with Gasteiger partial charge in [0.1, 0.15) is 17.5 Å². The number of fused-ring (bicyclic) bond motifs is 1. The maximum Gasteiger partial charge on any atom is 0.418 e. The Morgan fingerprint density at radius 3 is 2.94 bits per heavy atom. The molecule has 0 atom stereocenters. The molecule has 0 aliphatic heterocycles. The maximum atomic E-state index is 11.0. The van der Waals surface area contributed by atoms with Crippen LogP contribution in [-0.4, -0.2) is 30.7 Å². The lowest BCUT2D eigenvalue weighted by Crippen LogP contribution is -2.08. The summed E-state index contributed by atoms with van der Waals surface area (Å²) in [5.41, 5.74) is 6.77. The molecule has 3 N–H and O–H groups in total. The second-order valence-electron chi connectivity index (χ2n) is 3.48. The lowest BCUT2D eigenvalue weighted by Gasteiger charge is -2.01. The molecular weight excluding hydrogens is 254 g/mol. The Bertz CT molecular complexity index is 734. The Morgan fingerprint density at radius 2 is 2.28 bits per heavy atom. The van der Waals surface area contributed by atoms with Gasteiger partial charge in [0.05, 0.1) is 4.88 Å². The molecule has 0 radical (unpaired) electrons. The second-order valence-corrected chi connectivity index (χ2v) is 4.42. The van der Waals surface area contributed by atoms with Crippen molar-refractivity contribution in [3.63, 3.8) is 0 Å². The van der Waals surface area contributed by atoms with Crippen LogP contribution in [0.1, 0.15) is 0 Å². The molecule has 3 aromatic heterocycles. The minimum Gasteiger partial charge on any atom is -0.464 e. The van der Waals surface area contributed by atoms with Crippen molar-refractivity contribution >= 4 is 34.5 Å². The highest BCUT2D eigenvalue weighted by molar-refractivity contribution is 7.13. The minimum absolute atomic E-state index is 0.0221. The van der Waals surface area contributed by atoms with Crippen molar-refractivity contribution < 1.29 is 9.90 Å². The van der Waals surface area contributed by atoms with Gasteiger partial charge in [-0.15, -0.1) is 11.3 Å². The number of nitrogens with zero attached hydrogens (tertiary/aromatic N) is 4. The van der Waals surface area contributed by atoms with Gasteiger partial charge in [-0.05, 0) is 11.4 Å². The zero-order chi connectivity index (χ0) is 12.7. The maximum absolute atomic E-state index is 11.0. The quantitative estimate of drug-likeness (QED) is 0.689. The number of rotatable bonds is 1. The molecule has 0 spiro atoms. The molecular formula is C10H7N5O2S. The number of nitrogens with two attached hydrogens (primary N) is 1. The summed E-state index contributed by atoms with van der Waals surface area (Å²) in [7, 11) is 0. The highest BCUT2D eigenvalue weighted by Gasteiger charge is 2.16. The first-order valence-corrected chi connectivity index (χ1v) is 5.82. The van der Waals surface area contributed by atoms with E-state index < -0.39 is 6.09 Å². The summed E-state index contributed by atoms with van der Waals surface area (Å²) in [6, 6.07) is 3.74. The van der Waals surface area contributed by atoms with Crippen LogP contribution in [0.15, 0.2) is 23.8 Å². The average Bonchev–Trinajstić information content (AvgIpc) is 2.96. The third-order valence-corrected chi connectivity index (χ3v) is 3.25. The van der Waals surface area contributed by atoms with Crippen molar-refractivity contribution in [2.45, 2.75) is 0 Å². The zero-order valence-electron chi connectivity index (χ0n) is 8.94. The number of carbonyl (C=O) groups is 1. The Kier molecular flexibility index (Phi) is 2.23. The van der Waals surface area contributed by atoms with Crippen LogP contribution in [0.25, 0.3) is 21.7 Å². The van der Waals surface area contributed by atoms with Gasteiger partial charge in [-0.3, -0.25) is 0 Å². The number of hydrogen-bond acceptors (Lipinski definition) is 6. The van der Waals surface area contributed by atoms with Gasteiger partial charge in [0.25, 0.3) is 0 Å². The molecule has 0 aromatic carbocycles. The average molecular weight is 261 g/mol. The number of aromatic nitrogens is 4. The van der Waals surface area contributed by atoms with Crippen LogP contribution >= 0.6 is 11.3 Å². The van der Waals surface area contributed by atoms with Gasteiger partial charge in [0.2, 0.25) is 5.95 Å². The van der Waals surface area contributed by atoms with E-state index >= 15 is 0 Å². The van der Waals surface area contributed by atoms with E-state index in [1.54, 1.807) is 0 Å². The third-order valence-electron chi connectivity index (χ3n) is 2.37. The Labute approximate surface area is 105 Å². The molecule has 3 aromatic rings. The van der Waals surface area contributed by atoms with Crippen LogP contribution in [0.2, 0.25) is 0 Å². The molecule has 0 aliphatic rings. The Hall–Kier alpha value is -2.48. The van der Waals surface area contributed by atoms with E-state index in [9.17, 15) is 4.79 Å². The molecule has 0 unspecified atom stereocenters. The number of nitrogen functional groups attached to an aromatic ring is 1. The summed E-state index contributed by atoms with van der Waals surface area (Å²) in [5, 5.41) is 10.9. The molecule has 0 aliphatic carbocycles. The SMILES string of the molecule is Nc1nc(-c2cccs2)c2ncn(C(=O)O)c2n1. The van der Waals surface area contributed by atoms with Crippen molar-refractivity contribution in [2.75, 3.05) is 5.73 Å². The normalized spacial score (nSPS) is 10.9. The smallest absolute Gasteiger partial charge is 0.418 e. The first-order chi connectivity index (χ1) is 8.66. The van der Waals surface area contributed by atoms with Crippen molar-refractivity contribution in [3.8, 4) is 10.6 Å². The van der Waals surface area contributed by atoms with Gasteiger partial charge < -0.3 is 10.8 Å². The molecule has 0 saturated carbocycles. The fourth-order valence-corrected chi connectivity index (χ4v) is 2.36. The highest BCUT2D eigenvalue weighted by Crippen LogP contribution is 2.28. The largest absolute Gasteiger partial charge is 0.464 e. The lowest BCUT2D eigenvalue weighted by molar-refractivity contribution is 0.197. The summed E-state index contributed by atoms with van der Waals surface area (Å²) in [6.07, 6.45) is 0.0332. The molecule has 0 fully saturated rings. The minimum atomic E-state index is -1.16. The van der Waals surface area contributed by atoms with E-state index in [2.05, 4.69) is 15.0 Å². The number of carboxylic acid groups (broad SMARTS) is 1. The topological polar surface area (TPSA) is 107 Å². The van der Waals surface area contributed by atoms with Crippen LogP contribution in [0.3, 0.4) is 0 Å². The van der Waals surface area contributed by atoms with E-state index in [-0.39, 0.29) is 11.6 Å². The molecule has 90 valence electrons. The summed E-state index contributed by atoms with van der Waals surface area (Å²) in [4.78, 5) is 24.0. The van der Waals surface area contributed by atoms with Crippen molar-refractivity contribution in [3.05, 3.63) is 23.8 Å². The van der Waals surface area contributed by atoms with Crippen LogP contribution < -0.4 is 5.73 Å². The molecule has 0 saturated heterocycles. The Morgan fingerprint density at radius 1 is 1.44 bits per heavy atom. The van der Waals surface area contributed by atoms with Gasteiger partial charge in [-0.2, -0.15) is 4.98 Å². The Balaban J connectivity index is 2.36. The van der Waals surface area contributed by atoms with E-state index in [1.165, 1.54) is 17.7 Å². The predicted octanol–water partition coefficient (Wildman–Crippen LogP) is 1.66. The fraction of sp³-hybridized carbons (Fsp3) is 0. The van der Waals surface area contributed by atoms with Gasteiger partial charge in [0, 0.05) is 0 Å². The van der Waals surface area contributed by atoms with Crippen molar-refractivity contribution in [2.24, 2.45) is 0 Å². The summed E-state index contributed by atoms with van der Waals surface area (Å²) in [5.74, 6) is 0.0221. The summed E-state index contributed by atoms with van der Waals surface area (Å²) >= 11 is 1.47. The van der Waals surface area contributed by atoms with Crippen LogP contribution in [0.4, 0.5) is 10.7 Å². The zero-order valence-corrected chi connectivity index (χ0v) is 9.76. The third kappa shape index (κ3) is 1.51. The van der Waals surface area contributed by atoms with Gasteiger partial charge in [0.15, 0.2) is 5.65 Å². The van der Waals surface area contributed by atoms with Gasteiger partial charge in [-0.1, -0.05) is 6.07 Å². The number of anilines is 1. The van der Waals surface area contributed by atoms with Gasteiger partial charge >= 0.3 is 6.09 Å². The molecule has 0 amide bonds. The second kappa shape index (κ2) is 3.77. The molecule has 7 nitrogen and oxygen atoms in total. The van der Waals surface area contributed by atoms with E-state index in [1.807, 2.05) is 17.5 Å². The van der Waals surface area contributed by atoms with Crippen LogP contribution in [0.5, 0.6) is 0 Å². The highest BCUT2D eigenvalue weighted by atomic mass is 32.1. The van der Waals surface area contributed by atoms with E-state index in [4.69, 9.17) is 10.8 Å². The fourth-order valence-electron chi connectivity index (χ4n) is 1.64. The molecule has 0 bridgehead atoms. The molecule has 8 heteroatoms. The number of hydrogen-bond donors (Lipinski definition) is 2. The van der Waals surface area contributed by atoms with Crippen molar-refractivity contribution in [1.29, 1.82) is 0 Å². The number of thiophene rings is 1. The molecule has 18 heavy (non-hydrogen) atoms. The van der Waals surface area contributed by atoms with Crippen LogP contribution in [0, 0.1) is 0 Å². The molecule has 3 rings (SSSR count). The van der Waals surface area contributed by atoms with E-state index in [0.717, 1.165) is 9.44 Å². The first kappa shape index (κ1) is 10.7. The monoisotopic (exact) mass is 261 g/mol. The lowest BCUT2D eigenvalue weighted by atomic mass is 10.3. The number of imidazole rings is 1. The first-order valence-electron chi connectivity index (χ1n) is 4.94. The summed E-state index contributed by atoms with van der Waals surface area (Å²) in [6.45, 7) is 0. The molecule has 3 heterocycles. The standard InChI is InChI=1S/C10H7N5O2S/c11-9-13-6(5-2-1-3-18-5)7-8(14-9)15(4-12-7)10(16)17/h1-4H,(H,16,17)(H2,11,13,14).